The first-order valence-corrected chi connectivity index (χ1v) is 9.53. The number of hydrogen-bond acceptors (Lipinski definition) is 4. The lowest BCUT2D eigenvalue weighted by molar-refractivity contribution is -0.112. The Hall–Kier alpha value is -2.72. The van der Waals surface area contributed by atoms with E-state index in [1.54, 1.807) is 0 Å². The highest BCUT2D eigenvalue weighted by Gasteiger charge is 2.26. The van der Waals surface area contributed by atoms with E-state index in [0.29, 0.717) is 0 Å². The van der Waals surface area contributed by atoms with Gasteiger partial charge in [0.05, 0.1) is 11.6 Å². The number of pyridine rings is 1. The van der Waals surface area contributed by atoms with Crippen LogP contribution in [0.3, 0.4) is 0 Å². The highest BCUT2D eigenvalue weighted by Crippen LogP contribution is 2.29. The van der Waals surface area contributed by atoms with Crippen molar-refractivity contribution in [3.8, 4) is 0 Å². The molecule has 3 aromatic rings. The number of fused-ring (bicyclic) bond motifs is 1. The van der Waals surface area contributed by atoms with Gasteiger partial charge >= 0.3 is 0 Å². The predicted octanol–water partition coefficient (Wildman–Crippen LogP) is 3.91. The summed E-state index contributed by atoms with van der Waals surface area (Å²) in [5.74, 6) is 0. The second kappa shape index (κ2) is 7.49. The lowest BCUT2D eigenvalue weighted by atomic mass is 10.00. The minimum absolute atomic E-state index is 0.163. The third-order valence-electron chi connectivity index (χ3n) is 5.51. The Kier molecular flexibility index (Phi) is 4.90. The van der Waals surface area contributed by atoms with Crippen LogP contribution in [0.4, 0.5) is 5.69 Å². The summed E-state index contributed by atoms with van der Waals surface area (Å²) in [5.41, 5.74) is 5.62. The fourth-order valence-corrected chi connectivity index (χ4v) is 4.06. The first kappa shape index (κ1) is 17.7. The van der Waals surface area contributed by atoms with Crippen LogP contribution < -0.4 is 4.90 Å². The summed E-state index contributed by atoms with van der Waals surface area (Å²) >= 11 is 0. The largest absolute Gasteiger partial charge is 0.368 e. The Balaban J connectivity index is 1.56. The number of hydrogen-bond donors (Lipinski definition) is 0. The van der Waals surface area contributed by atoms with Gasteiger partial charge in [-0.25, -0.2) is 0 Å². The maximum absolute atomic E-state index is 11.9. The molecule has 1 aromatic heterocycles. The van der Waals surface area contributed by atoms with Gasteiger partial charge in [0.25, 0.3) is 0 Å². The fraction of sp³-hybridized carbons (Fsp3) is 0.304. The average molecular weight is 359 g/mol. The van der Waals surface area contributed by atoms with Gasteiger partial charge in [0.2, 0.25) is 0 Å². The first-order chi connectivity index (χ1) is 13.2. The second-order valence-corrected chi connectivity index (χ2v) is 7.26. The highest BCUT2D eigenvalue weighted by atomic mass is 16.1. The van der Waals surface area contributed by atoms with E-state index in [0.717, 1.165) is 49.2 Å². The van der Waals surface area contributed by atoms with Crippen LogP contribution in [0.1, 0.15) is 22.9 Å². The van der Waals surface area contributed by atoms with Crippen LogP contribution in [0, 0.1) is 13.8 Å². The molecule has 1 atom stereocenters. The third-order valence-corrected chi connectivity index (χ3v) is 5.51. The van der Waals surface area contributed by atoms with Crippen molar-refractivity contribution in [2.24, 2.45) is 0 Å². The van der Waals surface area contributed by atoms with E-state index in [2.05, 4.69) is 58.1 Å². The van der Waals surface area contributed by atoms with Crippen molar-refractivity contribution in [2.45, 2.75) is 19.9 Å². The van der Waals surface area contributed by atoms with E-state index in [1.807, 2.05) is 25.1 Å². The number of aldehydes is 1. The number of carbonyl (C=O) groups is 1. The number of rotatable bonds is 4. The lowest BCUT2D eigenvalue weighted by Gasteiger charge is -2.39. The Morgan fingerprint density at radius 2 is 1.67 bits per heavy atom. The zero-order valence-corrected chi connectivity index (χ0v) is 15.9. The van der Waals surface area contributed by atoms with Crippen molar-refractivity contribution in [2.75, 3.05) is 31.1 Å². The molecule has 4 rings (SSSR count). The molecule has 4 heteroatoms. The number of benzene rings is 2. The molecule has 2 heterocycles. The van der Waals surface area contributed by atoms with Gasteiger partial charge in [-0.05, 0) is 37.1 Å². The zero-order chi connectivity index (χ0) is 18.8. The molecule has 1 unspecified atom stereocenters. The Labute approximate surface area is 160 Å². The van der Waals surface area contributed by atoms with Gasteiger partial charge in [-0.3, -0.25) is 9.88 Å². The van der Waals surface area contributed by atoms with E-state index in [4.69, 9.17) is 0 Å². The Morgan fingerprint density at radius 3 is 2.41 bits per heavy atom. The summed E-state index contributed by atoms with van der Waals surface area (Å²) in [4.78, 5) is 21.2. The lowest BCUT2D eigenvalue weighted by Crippen LogP contribution is -2.48. The normalized spacial score (nSPS) is 16.4. The molecule has 0 radical (unpaired) electrons. The SMILES string of the molecule is Cc1cc(N2CCN(C(C=O)c3ccccc3C)CC2)c2ccccc2n1. The van der Waals surface area contributed by atoms with Gasteiger partial charge in [-0.15, -0.1) is 0 Å². The van der Waals surface area contributed by atoms with Crippen molar-refractivity contribution >= 4 is 22.9 Å². The second-order valence-electron chi connectivity index (χ2n) is 7.26. The van der Waals surface area contributed by atoms with Crippen molar-refractivity contribution in [1.82, 2.24) is 9.88 Å². The molecule has 0 aliphatic carbocycles. The monoisotopic (exact) mass is 359 g/mol. The minimum atomic E-state index is -0.163. The Bertz CT molecular complexity index is 961. The maximum atomic E-state index is 11.9. The van der Waals surface area contributed by atoms with Gasteiger partial charge in [0.1, 0.15) is 6.29 Å². The number of carbonyl (C=O) groups excluding carboxylic acids is 1. The molecule has 0 spiro atoms. The molecule has 0 amide bonds. The summed E-state index contributed by atoms with van der Waals surface area (Å²) in [6, 6.07) is 18.5. The summed E-state index contributed by atoms with van der Waals surface area (Å²) in [7, 11) is 0. The average Bonchev–Trinajstić information content (AvgIpc) is 2.70. The third kappa shape index (κ3) is 3.45. The molecule has 1 saturated heterocycles. The van der Waals surface area contributed by atoms with Crippen molar-refractivity contribution in [3.63, 3.8) is 0 Å². The molecule has 0 saturated carbocycles. The molecule has 1 aliphatic rings. The van der Waals surface area contributed by atoms with Gasteiger partial charge in [-0.2, -0.15) is 0 Å². The minimum Gasteiger partial charge on any atom is -0.368 e. The first-order valence-electron chi connectivity index (χ1n) is 9.53. The van der Waals surface area contributed by atoms with Crippen LogP contribution in [0.2, 0.25) is 0 Å². The Morgan fingerprint density at radius 1 is 0.963 bits per heavy atom. The molecule has 27 heavy (non-hydrogen) atoms. The van der Waals surface area contributed by atoms with E-state index in [9.17, 15) is 4.79 Å². The highest BCUT2D eigenvalue weighted by molar-refractivity contribution is 5.92. The van der Waals surface area contributed by atoms with Crippen LogP contribution in [0.5, 0.6) is 0 Å². The van der Waals surface area contributed by atoms with Crippen LogP contribution in [0.25, 0.3) is 10.9 Å². The molecule has 0 bridgehead atoms. The van der Waals surface area contributed by atoms with E-state index in [1.165, 1.54) is 16.6 Å². The molecular formula is C23H25N3O. The van der Waals surface area contributed by atoms with Crippen molar-refractivity contribution < 1.29 is 4.79 Å². The quantitative estimate of drug-likeness (QED) is 0.662. The summed E-state index contributed by atoms with van der Waals surface area (Å²) in [5, 5.41) is 1.20. The van der Waals surface area contributed by atoms with Crippen molar-refractivity contribution in [3.05, 3.63) is 71.4 Å². The molecular weight excluding hydrogens is 334 g/mol. The van der Waals surface area contributed by atoms with Gasteiger partial charge in [0.15, 0.2) is 0 Å². The number of para-hydroxylation sites is 1. The number of aryl methyl sites for hydroxylation is 2. The van der Waals surface area contributed by atoms with Crippen LogP contribution in [-0.4, -0.2) is 42.3 Å². The smallest absolute Gasteiger partial charge is 0.141 e. The molecule has 1 aliphatic heterocycles. The molecule has 2 aromatic carbocycles. The summed E-state index contributed by atoms with van der Waals surface area (Å²) in [6.07, 6.45) is 1.09. The van der Waals surface area contributed by atoms with Crippen LogP contribution >= 0.6 is 0 Å². The van der Waals surface area contributed by atoms with Gasteiger partial charge in [0, 0.05) is 42.9 Å². The van der Waals surface area contributed by atoms with E-state index in [-0.39, 0.29) is 6.04 Å². The zero-order valence-electron chi connectivity index (χ0n) is 15.9. The molecule has 0 N–H and O–H groups in total. The summed E-state index contributed by atoms with van der Waals surface area (Å²) in [6.45, 7) is 7.68. The standard InChI is InChI=1S/C23H25N3O/c1-17-7-3-4-8-19(17)23(16-27)26-13-11-25(12-14-26)22-15-18(2)24-21-10-6-5-9-20(21)22/h3-10,15-16,23H,11-14H2,1-2H3. The molecule has 4 nitrogen and oxygen atoms in total. The summed E-state index contributed by atoms with van der Waals surface area (Å²) < 4.78 is 0. The van der Waals surface area contributed by atoms with Crippen LogP contribution in [0.15, 0.2) is 54.6 Å². The predicted molar refractivity (Wildman–Crippen MR) is 110 cm³/mol. The topological polar surface area (TPSA) is 36.4 Å². The van der Waals surface area contributed by atoms with E-state index < -0.39 is 0 Å². The van der Waals surface area contributed by atoms with E-state index >= 15 is 0 Å². The van der Waals surface area contributed by atoms with Crippen LogP contribution in [-0.2, 0) is 4.79 Å². The fourth-order valence-electron chi connectivity index (χ4n) is 4.06. The number of aromatic nitrogens is 1. The number of nitrogens with zero attached hydrogens (tertiary/aromatic N) is 3. The molecule has 1 fully saturated rings. The van der Waals surface area contributed by atoms with Gasteiger partial charge < -0.3 is 9.69 Å². The number of anilines is 1. The van der Waals surface area contributed by atoms with Gasteiger partial charge in [-0.1, -0.05) is 42.5 Å². The maximum Gasteiger partial charge on any atom is 0.141 e. The van der Waals surface area contributed by atoms with Crippen molar-refractivity contribution in [1.29, 1.82) is 0 Å². The number of piperazine rings is 1. The molecule has 138 valence electrons.